The van der Waals surface area contributed by atoms with E-state index in [9.17, 15) is 9.18 Å². The number of carbonyl (C=O) groups is 1. The number of hydrogen-bond donors (Lipinski definition) is 2. The molecule has 0 aliphatic carbocycles. The number of carboxylic acids is 1. The normalized spacial score (nSPS) is 12.5. The minimum Gasteiger partial charge on any atom is -0.481 e. The van der Waals surface area contributed by atoms with Crippen molar-refractivity contribution in [2.45, 2.75) is 12.5 Å². The van der Waals surface area contributed by atoms with Gasteiger partial charge >= 0.3 is 5.97 Å². The molecule has 0 aromatic carbocycles. The molecule has 0 radical (unpaired) electrons. The van der Waals surface area contributed by atoms with E-state index in [1.165, 1.54) is 0 Å². The maximum atomic E-state index is 12.7. The minimum atomic E-state index is -1.07. The van der Waals surface area contributed by atoms with Crippen molar-refractivity contribution >= 4 is 17.6 Å². The van der Waals surface area contributed by atoms with Crippen LogP contribution in [0.15, 0.2) is 12.3 Å². The van der Waals surface area contributed by atoms with Crippen LogP contribution in [-0.2, 0) is 4.79 Å². The molecular weight excluding hydrogens is 211 g/mol. The number of carboxylic acid groups (broad SMARTS) is 1. The smallest absolute Gasteiger partial charge is 0.305 e. The van der Waals surface area contributed by atoms with Crippen LogP contribution in [0, 0.1) is 5.82 Å². The van der Waals surface area contributed by atoms with Gasteiger partial charge in [0.2, 0.25) is 0 Å². The first-order valence-corrected chi connectivity index (χ1v) is 4.17. The molecule has 76 valence electrons. The molecule has 0 aliphatic heterocycles. The van der Waals surface area contributed by atoms with E-state index in [0.29, 0.717) is 0 Å². The molecule has 1 rings (SSSR count). The van der Waals surface area contributed by atoms with Crippen molar-refractivity contribution in [3.05, 3.63) is 28.8 Å². The van der Waals surface area contributed by atoms with Crippen LogP contribution in [0.4, 0.5) is 4.39 Å². The summed E-state index contributed by atoms with van der Waals surface area (Å²) >= 11 is 5.62. The first-order chi connectivity index (χ1) is 6.50. The van der Waals surface area contributed by atoms with Gasteiger partial charge in [-0.05, 0) is 6.07 Å². The van der Waals surface area contributed by atoms with Gasteiger partial charge in [0.05, 0.1) is 12.6 Å². The highest BCUT2D eigenvalue weighted by Gasteiger charge is 2.15. The van der Waals surface area contributed by atoms with Gasteiger partial charge in [0.15, 0.2) is 0 Å². The predicted molar refractivity (Wildman–Crippen MR) is 48.4 cm³/mol. The first-order valence-electron chi connectivity index (χ1n) is 3.79. The van der Waals surface area contributed by atoms with Gasteiger partial charge in [-0.25, -0.2) is 9.37 Å². The molecule has 14 heavy (non-hydrogen) atoms. The zero-order valence-corrected chi connectivity index (χ0v) is 7.83. The molecule has 0 amide bonds. The number of nitrogens with zero attached hydrogens (tertiary/aromatic N) is 1. The van der Waals surface area contributed by atoms with Gasteiger partial charge in [-0.1, -0.05) is 11.6 Å². The van der Waals surface area contributed by atoms with E-state index in [0.717, 1.165) is 12.3 Å². The predicted octanol–water partition coefficient (Wildman–Crippen LogP) is 1.35. The lowest BCUT2D eigenvalue weighted by molar-refractivity contribution is -0.137. The number of pyridine rings is 1. The highest BCUT2D eigenvalue weighted by Crippen LogP contribution is 2.21. The zero-order chi connectivity index (χ0) is 10.7. The molecule has 1 aromatic rings. The average molecular weight is 219 g/mol. The lowest BCUT2D eigenvalue weighted by Crippen LogP contribution is -2.16. The summed E-state index contributed by atoms with van der Waals surface area (Å²) < 4.78 is 12.7. The highest BCUT2D eigenvalue weighted by atomic mass is 35.5. The Morgan fingerprint density at radius 3 is 3.00 bits per heavy atom. The Morgan fingerprint density at radius 1 is 1.79 bits per heavy atom. The van der Waals surface area contributed by atoms with Crippen LogP contribution >= 0.6 is 11.6 Å². The molecular formula is C8H8ClFN2O2. The molecule has 0 saturated heterocycles. The third-order valence-electron chi connectivity index (χ3n) is 1.63. The van der Waals surface area contributed by atoms with Crippen molar-refractivity contribution in [1.29, 1.82) is 0 Å². The fourth-order valence-electron chi connectivity index (χ4n) is 0.996. The Balaban J connectivity index is 2.93. The molecule has 0 saturated carbocycles. The van der Waals surface area contributed by atoms with Crippen LogP contribution < -0.4 is 5.73 Å². The fourth-order valence-corrected chi connectivity index (χ4v) is 1.24. The largest absolute Gasteiger partial charge is 0.481 e. The Labute approximate surface area is 84.5 Å². The summed E-state index contributed by atoms with van der Waals surface area (Å²) in [6, 6.07) is 0.242. The Morgan fingerprint density at radius 2 is 2.43 bits per heavy atom. The minimum absolute atomic E-state index is 0.0279. The third kappa shape index (κ3) is 2.65. The second-order valence-corrected chi connectivity index (χ2v) is 3.10. The summed E-state index contributed by atoms with van der Waals surface area (Å²) in [6.45, 7) is 0. The van der Waals surface area contributed by atoms with E-state index in [1.54, 1.807) is 0 Å². The van der Waals surface area contributed by atoms with Crippen LogP contribution in [0.1, 0.15) is 18.0 Å². The van der Waals surface area contributed by atoms with Gasteiger partial charge in [0.1, 0.15) is 11.0 Å². The molecule has 0 unspecified atom stereocenters. The van der Waals surface area contributed by atoms with E-state index in [-0.39, 0.29) is 17.1 Å². The monoisotopic (exact) mass is 218 g/mol. The number of rotatable bonds is 3. The molecule has 1 atom stereocenters. The molecule has 0 bridgehead atoms. The van der Waals surface area contributed by atoms with E-state index >= 15 is 0 Å². The quantitative estimate of drug-likeness (QED) is 0.751. The molecule has 1 heterocycles. The molecule has 0 spiro atoms. The fraction of sp³-hybridized carbons (Fsp3) is 0.250. The molecule has 3 N–H and O–H groups in total. The van der Waals surface area contributed by atoms with Gasteiger partial charge in [0.25, 0.3) is 0 Å². The van der Waals surface area contributed by atoms with Crippen LogP contribution in [0.25, 0.3) is 0 Å². The summed E-state index contributed by atoms with van der Waals surface area (Å²) in [6.07, 6.45) is 0.629. The van der Waals surface area contributed by atoms with Crippen LogP contribution in [-0.4, -0.2) is 16.1 Å². The lowest BCUT2D eigenvalue weighted by Gasteiger charge is -2.10. The standard InChI is InChI=1S/C8H8ClFN2O2/c9-8-5(1-4(10)3-12-8)6(11)2-7(13)14/h1,3,6H,2,11H2,(H,13,14)/t6-/m0/s1. The van der Waals surface area contributed by atoms with E-state index in [4.69, 9.17) is 22.4 Å². The van der Waals surface area contributed by atoms with Crippen molar-refractivity contribution in [2.75, 3.05) is 0 Å². The number of hydrogen-bond acceptors (Lipinski definition) is 3. The second kappa shape index (κ2) is 4.34. The second-order valence-electron chi connectivity index (χ2n) is 2.74. The Kier molecular flexibility index (Phi) is 3.38. The van der Waals surface area contributed by atoms with Crippen molar-refractivity contribution in [3.63, 3.8) is 0 Å². The van der Waals surface area contributed by atoms with Gasteiger partial charge in [-0.3, -0.25) is 4.79 Å². The molecule has 1 aromatic heterocycles. The maximum Gasteiger partial charge on any atom is 0.305 e. The Bertz CT molecular complexity index is 359. The van der Waals surface area contributed by atoms with Gasteiger partial charge < -0.3 is 10.8 Å². The summed E-state index contributed by atoms with van der Waals surface area (Å²) in [5.74, 6) is -1.66. The summed E-state index contributed by atoms with van der Waals surface area (Å²) in [5.41, 5.74) is 5.70. The number of halogens is 2. The third-order valence-corrected chi connectivity index (χ3v) is 1.94. The van der Waals surface area contributed by atoms with Crippen molar-refractivity contribution in [2.24, 2.45) is 5.73 Å². The maximum absolute atomic E-state index is 12.7. The van der Waals surface area contributed by atoms with Gasteiger partial charge in [-0.15, -0.1) is 0 Å². The van der Waals surface area contributed by atoms with E-state index in [1.807, 2.05) is 0 Å². The topological polar surface area (TPSA) is 76.2 Å². The van der Waals surface area contributed by atoms with Crippen LogP contribution in [0.5, 0.6) is 0 Å². The molecule has 6 heteroatoms. The molecule has 0 fully saturated rings. The van der Waals surface area contributed by atoms with Crippen molar-refractivity contribution in [3.8, 4) is 0 Å². The number of aliphatic carboxylic acids is 1. The van der Waals surface area contributed by atoms with Gasteiger partial charge in [0, 0.05) is 11.6 Å². The van der Waals surface area contributed by atoms with Crippen LogP contribution in [0.3, 0.4) is 0 Å². The first kappa shape index (κ1) is 10.9. The average Bonchev–Trinajstić information content (AvgIpc) is 2.08. The summed E-state index contributed by atoms with van der Waals surface area (Å²) in [7, 11) is 0. The van der Waals surface area contributed by atoms with Gasteiger partial charge in [-0.2, -0.15) is 0 Å². The van der Waals surface area contributed by atoms with Crippen LogP contribution in [0.2, 0.25) is 5.15 Å². The molecule has 0 aliphatic rings. The van der Waals surface area contributed by atoms with E-state index in [2.05, 4.69) is 4.98 Å². The summed E-state index contributed by atoms with van der Waals surface area (Å²) in [5, 5.41) is 8.50. The number of nitrogens with two attached hydrogens (primary N) is 1. The Hall–Kier alpha value is -1.20. The van der Waals surface area contributed by atoms with E-state index < -0.39 is 17.8 Å². The van der Waals surface area contributed by atoms with Crippen molar-refractivity contribution in [1.82, 2.24) is 4.98 Å². The zero-order valence-electron chi connectivity index (χ0n) is 7.08. The highest BCUT2D eigenvalue weighted by molar-refractivity contribution is 6.30. The number of aromatic nitrogens is 1. The molecule has 4 nitrogen and oxygen atoms in total. The summed E-state index contributed by atoms with van der Waals surface area (Å²) in [4.78, 5) is 13.9. The van der Waals surface area contributed by atoms with Crippen molar-refractivity contribution < 1.29 is 14.3 Å². The SMILES string of the molecule is N[C@@H](CC(=O)O)c1cc(F)cnc1Cl. The lowest BCUT2D eigenvalue weighted by atomic mass is 10.1.